The van der Waals surface area contributed by atoms with Crippen molar-refractivity contribution in [3.05, 3.63) is 0 Å². The van der Waals surface area contributed by atoms with Gasteiger partial charge in [-0.3, -0.25) is 23.2 Å². The number of fused-ring (bicyclic) bond motifs is 3. The van der Waals surface area contributed by atoms with Gasteiger partial charge in [0.1, 0.15) is 19.8 Å². The van der Waals surface area contributed by atoms with Crippen LogP contribution < -0.4 is 12.4 Å². The zero-order chi connectivity index (χ0) is 44.7. The normalized spacial score (nSPS) is 18.3. The maximum atomic E-state index is 13.8. The Hall–Kier alpha value is -1.21. The zero-order valence-electron chi connectivity index (χ0n) is 40.8. The number of phosphoric acid groups is 1. The van der Waals surface area contributed by atoms with E-state index in [9.17, 15) is 14.2 Å². The van der Waals surface area contributed by atoms with Crippen LogP contribution in [-0.4, -0.2) is 75.1 Å². The summed E-state index contributed by atoms with van der Waals surface area (Å²) in [5, 5.41) is 9.10. The van der Waals surface area contributed by atoms with Crippen LogP contribution in [0.15, 0.2) is 0 Å². The minimum Gasteiger partial charge on any atom is -1.00 e. The Kier molecular flexibility index (Phi) is 38.9. The van der Waals surface area contributed by atoms with Crippen LogP contribution in [0.5, 0.6) is 0 Å². The molecule has 0 N–H and O–H groups in total. The summed E-state index contributed by atoms with van der Waals surface area (Å²) in [4.78, 5) is 25.8. The Morgan fingerprint density at radius 3 is 1.35 bits per heavy atom. The van der Waals surface area contributed by atoms with Crippen molar-refractivity contribution in [2.24, 2.45) is 5.92 Å². The number of unbranched alkanes of at least 4 members (excludes halogenated alkanes) is 28. The van der Waals surface area contributed by atoms with Crippen LogP contribution in [0.25, 0.3) is 0 Å². The molecule has 3 aliphatic heterocycles. The van der Waals surface area contributed by atoms with E-state index in [1.54, 1.807) is 0 Å². The van der Waals surface area contributed by atoms with E-state index in [0.29, 0.717) is 6.42 Å². The highest BCUT2D eigenvalue weighted by atomic mass is 35.5. The number of halogens is 1. The second-order valence-corrected chi connectivity index (χ2v) is 20.6. The summed E-state index contributed by atoms with van der Waals surface area (Å²) in [7, 11) is -4.08. The summed E-state index contributed by atoms with van der Waals surface area (Å²) in [6, 6.07) is 2.01. The second-order valence-electron chi connectivity index (χ2n) is 19.0. The molecule has 2 atom stereocenters. The molecule has 2 unspecified atom stereocenters. The van der Waals surface area contributed by atoms with Crippen molar-refractivity contribution >= 4 is 19.8 Å². The first-order chi connectivity index (χ1) is 30.3. The van der Waals surface area contributed by atoms with E-state index in [-0.39, 0.29) is 57.6 Å². The van der Waals surface area contributed by atoms with Crippen molar-refractivity contribution in [1.82, 2.24) is 0 Å². The number of carbonyl (C=O) groups is 2. The summed E-state index contributed by atoms with van der Waals surface area (Å²) < 4.78 is 43.3. The first-order valence-corrected chi connectivity index (χ1v) is 27.9. The summed E-state index contributed by atoms with van der Waals surface area (Å²) >= 11 is 0. The summed E-state index contributed by atoms with van der Waals surface area (Å²) in [5.74, 6) is 0.0981. The summed E-state index contributed by atoms with van der Waals surface area (Å²) in [6.45, 7) is 8.18. The van der Waals surface area contributed by atoms with Crippen LogP contribution in [0, 0.1) is 17.2 Å². The monoisotopic (exact) mass is 931 g/mol. The number of rotatable bonds is 45. The van der Waals surface area contributed by atoms with E-state index < -0.39 is 19.9 Å². The number of carbonyl (C=O) groups excluding carboxylic acids is 2. The van der Waals surface area contributed by atoms with E-state index in [1.165, 1.54) is 173 Å². The maximum Gasteiger partial charge on any atom is 0.475 e. The lowest BCUT2D eigenvalue weighted by atomic mass is 9.86. The molecule has 12 heteroatoms. The van der Waals surface area contributed by atoms with E-state index in [0.717, 1.165) is 75.1 Å². The first-order valence-electron chi connectivity index (χ1n) is 26.4. The van der Waals surface area contributed by atoms with Gasteiger partial charge in [-0.15, -0.1) is 0 Å². The topological polar surface area (TPSA) is 121 Å². The molecular weight excluding hydrogens is 835 g/mol. The van der Waals surface area contributed by atoms with Gasteiger partial charge in [0, 0.05) is 12.8 Å². The van der Waals surface area contributed by atoms with E-state index in [1.807, 2.05) is 6.07 Å². The third-order valence-corrected chi connectivity index (χ3v) is 14.9. The maximum absolute atomic E-state index is 13.8. The first kappa shape index (κ1) is 59.8. The molecule has 0 aromatic rings. The third kappa shape index (κ3) is 33.0. The van der Waals surface area contributed by atoms with Gasteiger partial charge in [-0.1, -0.05) is 194 Å². The van der Waals surface area contributed by atoms with E-state index >= 15 is 0 Å². The van der Waals surface area contributed by atoms with E-state index in [4.69, 9.17) is 28.3 Å². The van der Waals surface area contributed by atoms with Crippen molar-refractivity contribution < 1.29 is 54.1 Å². The number of nitrogens with zero attached hydrogens (tertiary/aromatic N) is 2. The molecule has 0 aliphatic carbocycles. The van der Waals surface area contributed by atoms with Crippen LogP contribution in [0.1, 0.15) is 245 Å². The average molecular weight is 932 g/mol. The number of quaternary nitrogens is 1. The van der Waals surface area contributed by atoms with Gasteiger partial charge in [0.25, 0.3) is 0 Å². The molecule has 3 saturated heterocycles. The third-order valence-electron chi connectivity index (χ3n) is 13.4. The Morgan fingerprint density at radius 2 is 0.937 bits per heavy atom. The molecule has 2 bridgehead atoms. The van der Waals surface area contributed by atoms with Crippen LogP contribution in [0.2, 0.25) is 0 Å². The average Bonchev–Trinajstić information content (AvgIpc) is 3.28. The fourth-order valence-corrected chi connectivity index (χ4v) is 10.4. The number of phosphoric ester groups is 1. The molecule has 3 fully saturated rings. The molecule has 0 aromatic heterocycles. The number of ether oxygens (including phenoxy) is 2. The number of hydrogen-bond acceptors (Lipinski definition) is 9. The summed E-state index contributed by atoms with van der Waals surface area (Å²) in [6.07, 6.45) is 40.9. The molecule has 370 valence electrons. The minimum absolute atomic E-state index is 0. The van der Waals surface area contributed by atoms with Gasteiger partial charge in [-0.25, -0.2) is 4.57 Å². The Bertz CT molecular complexity index is 1170. The highest BCUT2D eigenvalue weighted by Crippen LogP contribution is 2.50. The molecular formula is C51H96ClN2O8P. The van der Waals surface area contributed by atoms with E-state index in [2.05, 4.69) is 13.8 Å². The van der Waals surface area contributed by atoms with Gasteiger partial charge in [-0.05, 0) is 38.0 Å². The number of piperidine rings is 3. The number of hydrogen-bond donors (Lipinski definition) is 0. The van der Waals surface area contributed by atoms with Crippen LogP contribution in [-0.2, 0) is 37.2 Å². The fraction of sp³-hybridized carbons (Fsp3) is 0.941. The van der Waals surface area contributed by atoms with Gasteiger partial charge < -0.3 is 26.4 Å². The Labute approximate surface area is 393 Å². The van der Waals surface area contributed by atoms with Crippen molar-refractivity contribution in [3.8, 4) is 6.07 Å². The molecule has 3 rings (SSSR count). The minimum atomic E-state index is -4.08. The SMILES string of the molecule is CCCCCCCCCCCCCCCCCC(=O)OCC(COP(=O)(OCCC#N)OCC[N+]12CCC(CC1)CC2)OC(=O)CCCCCCCCCCCCCCCCC.[Cl-]. The van der Waals surface area contributed by atoms with Crippen molar-refractivity contribution in [2.45, 2.75) is 251 Å². The molecule has 10 nitrogen and oxygen atoms in total. The molecule has 3 heterocycles. The predicted octanol–water partition coefficient (Wildman–Crippen LogP) is 11.7. The zero-order valence-corrected chi connectivity index (χ0v) is 42.4. The van der Waals surface area contributed by atoms with Gasteiger partial charge in [-0.2, -0.15) is 5.26 Å². The number of nitriles is 1. The highest BCUT2D eigenvalue weighted by Gasteiger charge is 2.40. The molecule has 3 aliphatic rings. The van der Waals surface area contributed by atoms with Gasteiger partial charge >= 0.3 is 19.8 Å². The second kappa shape index (κ2) is 41.0. The lowest BCUT2D eigenvalue weighted by Crippen LogP contribution is -3.00. The Balaban J connectivity index is 0.0000198. The van der Waals surface area contributed by atoms with Crippen LogP contribution >= 0.6 is 7.82 Å². The van der Waals surface area contributed by atoms with Crippen molar-refractivity contribution in [2.75, 3.05) is 52.6 Å². The largest absolute Gasteiger partial charge is 1.00 e. The molecule has 0 spiro atoms. The van der Waals surface area contributed by atoms with Gasteiger partial charge in [0.15, 0.2) is 6.10 Å². The molecule has 0 amide bonds. The molecule has 63 heavy (non-hydrogen) atoms. The van der Waals surface area contributed by atoms with Gasteiger partial charge in [0.05, 0.1) is 45.3 Å². The molecule has 0 radical (unpaired) electrons. The van der Waals surface area contributed by atoms with Crippen LogP contribution in [0.3, 0.4) is 0 Å². The lowest BCUT2D eigenvalue weighted by Gasteiger charge is -2.49. The number of esters is 2. The molecule has 0 saturated carbocycles. The summed E-state index contributed by atoms with van der Waals surface area (Å²) in [5.41, 5.74) is 0. The van der Waals surface area contributed by atoms with Gasteiger partial charge in [0.2, 0.25) is 0 Å². The fourth-order valence-electron chi connectivity index (χ4n) is 9.21. The highest BCUT2D eigenvalue weighted by molar-refractivity contribution is 7.48. The quantitative estimate of drug-likeness (QED) is 0.0254. The predicted molar refractivity (Wildman–Crippen MR) is 253 cm³/mol. The van der Waals surface area contributed by atoms with Crippen molar-refractivity contribution in [1.29, 1.82) is 5.26 Å². The smallest absolute Gasteiger partial charge is 0.475 e. The molecule has 0 aromatic carbocycles. The van der Waals surface area contributed by atoms with Crippen LogP contribution in [0.4, 0.5) is 0 Å². The standard InChI is InChI=1S/C51H96N2O8P.ClH/c1-3-5-7-9-11-13-15-17-19-21-23-25-27-29-31-34-50(54)57-46-49(61-51(55)35-32-30-28-26-24-22-20-18-16-14-12-10-8-6-4-2)47-60-62(56,58-44-33-39-52)59-45-43-53-40-36-48(37-41-53)38-42-53;/h48-49H,3-38,40-47H2,1-2H3;1H/q+1;/p-1. The van der Waals surface area contributed by atoms with Crippen molar-refractivity contribution in [3.63, 3.8) is 0 Å². The Morgan fingerprint density at radius 1 is 0.556 bits per heavy atom. The lowest BCUT2D eigenvalue weighted by molar-refractivity contribution is -0.942.